The molecule has 1 aromatic carbocycles. The minimum Gasteiger partial charge on any atom is -0.345 e. The van der Waals surface area contributed by atoms with E-state index in [2.05, 4.69) is 15.5 Å². The summed E-state index contributed by atoms with van der Waals surface area (Å²) in [6.45, 7) is 3.36. The fourth-order valence-electron chi connectivity index (χ4n) is 1.94. The zero-order chi connectivity index (χ0) is 15.5. The average Bonchev–Trinajstić information content (AvgIpc) is 3.01. The predicted molar refractivity (Wildman–Crippen MR) is 78.6 cm³/mol. The maximum Gasteiger partial charge on any atom is 0.253 e. The van der Waals surface area contributed by atoms with E-state index in [0.29, 0.717) is 0 Å². The Bertz CT molecular complexity index is 724. The molecule has 2 rings (SSSR count). The molecule has 0 bridgehead atoms. The number of nitrogens with zero attached hydrogens (tertiary/aromatic N) is 1. The van der Waals surface area contributed by atoms with Crippen LogP contribution in [0.3, 0.4) is 0 Å². The molecule has 0 aliphatic heterocycles. The largest absolute Gasteiger partial charge is 0.345 e. The second-order valence-electron chi connectivity index (χ2n) is 4.63. The molecule has 0 saturated heterocycles. The van der Waals surface area contributed by atoms with Crippen molar-refractivity contribution in [3.05, 3.63) is 47.8 Å². The highest BCUT2D eigenvalue weighted by atomic mass is 32.2. The van der Waals surface area contributed by atoms with Crippen molar-refractivity contribution in [3.63, 3.8) is 0 Å². The Hall–Kier alpha value is -2.15. The van der Waals surface area contributed by atoms with Crippen molar-refractivity contribution in [1.82, 2.24) is 15.5 Å². The summed E-state index contributed by atoms with van der Waals surface area (Å²) in [5.74, 6) is -0.467. The zero-order valence-electron chi connectivity index (χ0n) is 11.8. The SMILES string of the molecule is CCS(=O)(=O)c1ccccc1C(=O)NC(C)c1cn[nH]c1. The van der Waals surface area contributed by atoms with E-state index in [4.69, 9.17) is 0 Å². The Balaban J connectivity index is 2.28. The van der Waals surface area contributed by atoms with Gasteiger partial charge >= 0.3 is 0 Å². The molecule has 0 fully saturated rings. The van der Waals surface area contributed by atoms with Crippen molar-refractivity contribution in [3.8, 4) is 0 Å². The predicted octanol–water partition coefficient (Wildman–Crippen LogP) is 1.69. The third-order valence-electron chi connectivity index (χ3n) is 3.21. The first-order valence-electron chi connectivity index (χ1n) is 6.57. The van der Waals surface area contributed by atoms with E-state index in [1.165, 1.54) is 12.1 Å². The molecule has 2 aromatic rings. The lowest BCUT2D eigenvalue weighted by atomic mass is 10.1. The minimum atomic E-state index is -3.44. The molecule has 0 radical (unpaired) electrons. The lowest BCUT2D eigenvalue weighted by Crippen LogP contribution is -2.28. The van der Waals surface area contributed by atoms with E-state index in [1.54, 1.807) is 38.4 Å². The van der Waals surface area contributed by atoms with Crippen molar-refractivity contribution < 1.29 is 13.2 Å². The summed E-state index contributed by atoms with van der Waals surface area (Å²) in [5, 5.41) is 9.26. The molecule has 21 heavy (non-hydrogen) atoms. The molecule has 112 valence electrons. The Morgan fingerprint density at radius 3 is 2.71 bits per heavy atom. The molecular weight excluding hydrogens is 290 g/mol. The molecule has 0 aliphatic rings. The smallest absolute Gasteiger partial charge is 0.253 e. The topological polar surface area (TPSA) is 91.9 Å². The van der Waals surface area contributed by atoms with Crippen LogP contribution in [0, 0.1) is 0 Å². The van der Waals surface area contributed by atoms with Crippen molar-refractivity contribution in [2.45, 2.75) is 24.8 Å². The Morgan fingerprint density at radius 1 is 1.38 bits per heavy atom. The third kappa shape index (κ3) is 3.30. The molecule has 0 saturated carbocycles. The summed E-state index contributed by atoms with van der Waals surface area (Å²) in [6, 6.07) is 5.95. The van der Waals surface area contributed by atoms with Crippen molar-refractivity contribution in [2.24, 2.45) is 0 Å². The second kappa shape index (κ2) is 6.09. The van der Waals surface area contributed by atoms with Gasteiger partial charge in [-0.1, -0.05) is 19.1 Å². The number of hydrogen-bond acceptors (Lipinski definition) is 4. The molecule has 1 amide bonds. The highest BCUT2D eigenvalue weighted by Crippen LogP contribution is 2.18. The first kappa shape index (κ1) is 15.2. The second-order valence-corrected chi connectivity index (χ2v) is 6.87. The Morgan fingerprint density at radius 2 is 2.10 bits per heavy atom. The molecule has 1 heterocycles. The maximum atomic E-state index is 12.3. The van der Waals surface area contributed by atoms with E-state index in [1.807, 2.05) is 0 Å². The van der Waals surface area contributed by atoms with Gasteiger partial charge in [-0.05, 0) is 19.1 Å². The molecular formula is C14H17N3O3S. The van der Waals surface area contributed by atoms with Crippen molar-refractivity contribution in [2.75, 3.05) is 5.75 Å². The molecule has 2 N–H and O–H groups in total. The standard InChI is InChI=1S/C14H17N3O3S/c1-3-21(19,20)13-7-5-4-6-12(13)14(18)17-10(2)11-8-15-16-9-11/h4-10H,3H2,1-2H3,(H,15,16)(H,17,18). The number of H-pyrrole nitrogens is 1. The Labute approximate surface area is 123 Å². The van der Waals surface area contributed by atoms with Gasteiger partial charge in [0.2, 0.25) is 0 Å². The van der Waals surface area contributed by atoms with E-state index in [0.717, 1.165) is 5.56 Å². The molecule has 1 atom stereocenters. The summed E-state index contributed by atoms with van der Waals surface area (Å²) in [7, 11) is -3.44. The van der Waals surface area contributed by atoms with Gasteiger partial charge in [0.25, 0.3) is 5.91 Å². The number of carbonyl (C=O) groups excluding carboxylic acids is 1. The molecule has 1 unspecified atom stereocenters. The number of benzene rings is 1. The lowest BCUT2D eigenvalue weighted by molar-refractivity contribution is 0.0936. The molecule has 0 spiro atoms. The monoisotopic (exact) mass is 307 g/mol. The fraction of sp³-hybridized carbons (Fsp3) is 0.286. The zero-order valence-corrected chi connectivity index (χ0v) is 12.6. The number of amides is 1. The number of carbonyl (C=O) groups is 1. The lowest BCUT2D eigenvalue weighted by Gasteiger charge is -2.14. The maximum absolute atomic E-state index is 12.3. The first-order valence-corrected chi connectivity index (χ1v) is 8.22. The third-order valence-corrected chi connectivity index (χ3v) is 5.00. The van der Waals surface area contributed by atoms with Gasteiger partial charge in [-0.25, -0.2) is 8.42 Å². The van der Waals surface area contributed by atoms with Gasteiger partial charge in [-0.3, -0.25) is 9.89 Å². The first-order chi connectivity index (χ1) is 9.95. The van der Waals surface area contributed by atoms with Gasteiger partial charge in [0.05, 0.1) is 28.5 Å². The van der Waals surface area contributed by atoms with Crippen LogP contribution in [0.15, 0.2) is 41.6 Å². The molecule has 7 heteroatoms. The van der Waals surface area contributed by atoms with Crippen molar-refractivity contribution in [1.29, 1.82) is 0 Å². The van der Waals surface area contributed by atoms with Gasteiger partial charge < -0.3 is 5.32 Å². The van der Waals surface area contributed by atoms with Crippen LogP contribution in [0.1, 0.15) is 35.8 Å². The van der Waals surface area contributed by atoms with E-state index >= 15 is 0 Å². The number of sulfone groups is 1. The van der Waals surface area contributed by atoms with Crippen LogP contribution in [-0.4, -0.2) is 30.3 Å². The summed E-state index contributed by atoms with van der Waals surface area (Å²) in [4.78, 5) is 12.4. The van der Waals surface area contributed by atoms with Crippen LogP contribution in [0.5, 0.6) is 0 Å². The van der Waals surface area contributed by atoms with Crippen LogP contribution < -0.4 is 5.32 Å². The molecule has 6 nitrogen and oxygen atoms in total. The number of hydrogen-bond donors (Lipinski definition) is 2. The molecule has 0 aliphatic carbocycles. The van der Waals surface area contributed by atoms with E-state index in [-0.39, 0.29) is 22.3 Å². The average molecular weight is 307 g/mol. The summed E-state index contributed by atoms with van der Waals surface area (Å²) in [5.41, 5.74) is 0.980. The summed E-state index contributed by atoms with van der Waals surface area (Å²) in [6.07, 6.45) is 3.29. The minimum absolute atomic E-state index is 0.0470. The van der Waals surface area contributed by atoms with E-state index in [9.17, 15) is 13.2 Å². The van der Waals surface area contributed by atoms with Crippen LogP contribution in [0.4, 0.5) is 0 Å². The van der Waals surface area contributed by atoms with Crippen LogP contribution >= 0.6 is 0 Å². The van der Waals surface area contributed by atoms with Gasteiger partial charge in [0, 0.05) is 11.8 Å². The van der Waals surface area contributed by atoms with Crippen molar-refractivity contribution >= 4 is 15.7 Å². The fourth-order valence-corrected chi connectivity index (χ4v) is 3.03. The van der Waals surface area contributed by atoms with Gasteiger partial charge in [0.15, 0.2) is 9.84 Å². The molecule has 1 aromatic heterocycles. The summed E-state index contributed by atoms with van der Waals surface area (Å²) < 4.78 is 24.1. The van der Waals surface area contributed by atoms with Crippen LogP contribution in [0.25, 0.3) is 0 Å². The number of rotatable bonds is 5. The Kier molecular flexibility index (Phi) is 4.42. The highest BCUT2D eigenvalue weighted by Gasteiger charge is 2.21. The normalized spacial score (nSPS) is 12.9. The number of aromatic amines is 1. The van der Waals surface area contributed by atoms with Gasteiger partial charge in [0.1, 0.15) is 0 Å². The van der Waals surface area contributed by atoms with Gasteiger partial charge in [-0.15, -0.1) is 0 Å². The van der Waals surface area contributed by atoms with E-state index < -0.39 is 15.7 Å². The van der Waals surface area contributed by atoms with Crippen LogP contribution in [-0.2, 0) is 9.84 Å². The quantitative estimate of drug-likeness (QED) is 0.879. The van der Waals surface area contributed by atoms with Gasteiger partial charge in [-0.2, -0.15) is 5.10 Å². The number of aromatic nitrogens is 2. The number of nitrogens with one attached hydrogen (secondary N) is 2. The van der Waals surface area contributed by atoms with Crippen LogP contribution in [0.2, 0.25) is 0 Å². The highest BCUT2D eigenvalue weighted by molar-refractivity contribution is 7.91. The summed E-state index contributed by atoms with van der Waals surface area (Å²) >= 11 is 0.